The molecule has 0 atom stereocenters. The highest BCUT2D eigenvalue weighted by atomic mass is 16.4. The minimum Gasteiger partial charge on any atom is -0.424 e. The van der Waals surface area contributed by atoms with Crippen molar-refractivity contribution < 1.29 is 9.52 Å². The molecule has 0 aliphatic carbocycles. The Morgan fingerprint density at radius 1 is 1.00 bits per heavy atom. The van der Waals surface area contributed by atoms with Crippen LogP contribution in [0.25, 0.3) is 11.1 Å². The lowest BCUT2D eigenvalue weighted by molar-refractivity contribution is 0.282. The van der Waals surface area contributed by atoms with Gasteiger partial charge in [-0.2, -0.15) is 4.98 Å². The number of aliphatic hydroxyl groups is 1. The molecule has 0 aliphatic rings. The number of hydrogen-bond donors (Lipinski definition) is 2. The Balaban J connectivity index is 1.58. The Hall–Kier alpha value is -2.33. The monoisotopic (exact) mass is 268 g/mol. The van der Waals surface area contributed by atoms with Crippen molar-refractivity contribution >= 4 is 17.1 Å². The van der Waals surface area contributed by atoms with Gasteiger partial charge in [0.1, 0.15) is 5.52 Å². The zero-order valence-corrected chi connectivity index (χ0v) is 11.0. The number of anilines is 1. The minimum atomic E-state index is 0.0848. The molecule has 0 unspecified atom stereocenters. The molecule has 102 valence electrons. The van der Waals surface area contributed by atoms with Crippen molar-refractivity contribution in [2.24, 2.45) is 0 Å². The molecule has 0 saturated carbocycles. The second kappa shape index (κ2) is 5.75. The predicted octanol–water partition coefficient (Wildman–Crippen LogP) is 2.97. The molecule has 2 N–H and O–H groups in total. The third kappa shape index (κ3) is 2.81. The topological polar surface area (TPSA) is 58.3 Å². The molecule has 0 saturated heterocycles. The molecule has 0 aliphatic heterocycles. The van der Waals surface area contributed by atoms with Gasteiger partial charge in [0.05, 0.1) is 6.61 Å². The van der Waals surface area contributed by atoms with E-state index in [9.17, 15) is 0 Å². The summed E-state index contributed by atoms with van der Waals surface area (Å²) in [4.78, 5) is 4.36. The summed E-state index contributed by atoms with van der Waals surface area (Å²) in [6, 6.07) is 16.2. The van der Waals surface area contributed by atoms with Crippen molar-refractivity contribution in [3.05, 3.63) is 59.7 Å². The molecule has 0 radical (unpaired) electrons. The summed E-state index contributed by atoms with van der Waals surface area (Å²) in [6.45, 7) is 0.840. The SMILES string of the molecule is OCc1ccc(CCNc2nc3ccccc3o2)cc1. The number of rotatable bonds is 5. The summed E-state index contributed by atoms with van der Waals surface area (Å²) >= 11 is 0. The lowest BCUT2D eigenvalue weighted by Gasteiger charge is -2.03. The highest BCUT2D eigenvalue weighted by Gasteiger charge is 2.03. The van der Waals surface area contributed by atoms with Gasteiger partial charge >= 0.3 is 0 Å². The molecule has 3 aromatic rings. The van der Waals surface area contributed by atoms with Crippen LogP contribution in [0.4, 0.5) is 6.01 Å². The molecule has 4 heteroatoms. The Morgan fingerprint density at radius 3 is 2.50 bits per heavy atom. The van der Waals surface area contributed by atoms with Crippen molar-refractivity contribution in [2.75, 3.05) is 11.9 Å². The van der Waals surface area contributed by atoms with Gasteiger partial charge < -0.3 is 14.8 Å². The number of nitrogens with one attached hydrogen (secondary N) is 1. The molecule has 1 heterocycles. The Morgan fingerprint density at radius 2 is 1.75 bits per heavy atom. The van der Waals surface area contributed by atoms with Gasteiger partial charge in [0.25, 0.3) is 6.01 Å². The summed E-state index contributed by atoms with van der Waals surface area (Å²) in [5, 5.41) is 12.2. The van der Waals surface area contributed by atoms with Crippen LogP contribution >= 0.6 is 0 Å². The number of oxazole rings is 1. The molecule has 1 aromatic heterocycles. The number of benzene rings is 2. The molecule has 0 bridgehead atoms. The standard InChI is InChI=1S/C16H16N2O2/c19-11-13-7-5-12(6-8-13)9-10-17-16-18-14-3-1-2-4-15(14)20-16/h1-8,19H,9-11H2,(H,17,18). The first-order chi connectivity index (χ1) is 9.85. The Bertz CT molecular complexity index is 656. The van der Waals surface area contributed by atoms with E-state index in [0.717, 1.165) is 29.6 Å². The average Bonchev–Trinajstić information content (AvgIpc) is 2.90. The highest BCUT2D eigenvalue weighted by molar-refractivity contribution is 5.74. The third-order valence-electron chi connectivity index (χ3n) is 3.19. The number of aromatic nitrogens is 1. The summed E-state index contributed by atoms with van der Waals surface area (Å²) in [5.41, 5.74) is 3.80. The van der Waals surface area contributed by atoms with Gasteiger partial charge in [0.15, 0.2) is 5.58 Å². The van der Waals surface area contributed by atoms with Gasteiger partial charge in [-0.3, -0.25) is 0 Å². The van der Waals surface area contributed by atoms with E-state index >= 15 is 0 Å². The van der Waals surface area contributed by atoms with Crippen molar-refractivity contribution in [3.63, 3.8) is 0 Å². The van der Waals surface area contributed by atoms with E-state index in [1.165, 1.54) is 5.56 Å². The largest absolute Gasteiger partial charge is 0.424 e. The van der Waals surface area contributed by atoms with Crippen LogP contribution in [0.2, 0.25) is 0 Å². The van der Waals surface area contributed by atoms with E-state index in [2.05, 4.69) is 10.3 Å². The van der Waals surface area contributed by atoms with Gasteiger partial charge in [-0.05, 0) is 29.7 Å². The normalized spacial score (nSPS) is 10.8. The maximum absolute atomic E-state index is 8.99. The second-order valence-electron chi connectivity index (χ2n) is 4.64. The Kier molecular flexibility index (Phi) is 3.65. The van der Waals surface area contributed by atoms with Crippen LogP contribution in [-0.2, 0) is 13.0 Å². The van der Waals surface area contributed by atoms with Gasteiger partial charge in [-0.1, -0.05) is 36.4 Å². The van der Waals surface area contributed by atoms with Crippen LogP contribution in [0.5, 0.6) is 0 Å². The fourth-order valence-electron chi connectivity index (χ4n) is 2.07. The third-order valence-corrected chi connectivity index (χ3v) is 3.19. The lowest BCUT2D eigenvalue weighted by atomic mass is 10.1. The van der Waals surface area contributed by atoms with Crippen molar-refractivity contribution in [1.29, 1.82) is 0 Å². The van der Waals surface area contributed by atoms with Crippen LogP contribution < -0.4 is 5.32 Å². The van der Waals surface area contributed by atoms with Crippen LogP contribution in [0.1, 0.15) is 11.1 Å². The van der Waals surface area contributed by atoms with Gasteiger partial charge in [0, 0.05) is 6.54 Å². The van der Waals surface area contributed by atoms with E-state index in [1.54, 1.807) is 0 Å². The lowest BCUT2D eigenvalue weighted by Crippen LogP contribution is -2.04. The summed E-state index contributed by atoms with van der Waals surface area (Å²) in [6.07, 6.45) is 0.879. The van der Waals surface area contributed by atoms with E-state index in [-0.39, 0.29) is 6.61 Å². The molecule has 3 rings (SSSR count). The van der Waals surface area contributed by atoms with Crippen LogP contribution in [-0.4, -0.2) is 16.6 Å². The molecule has 0 amide bonds. The maximum Gasteiger partial charge on any atom is 0.295 e. The fraction of sp³-hybridized carbons (Fsp3) is 0.188. The zero-order chi connectivity index (χ0) is 13.8. The van der Waals surface area contributed by atoms with E-state index in [4.69, 9.17) is 9.52 Å². The number of aliphatic hydroxyl groups excluding tert-OH is 1. The molecule has 0 spiro atoms. The number of hydrogen-bond acceptors (Lipinski definition) is 4. The second-order valence-corrected chi connectivity index (χ2v) is 4.64. The number of para-hydroxylation sites is 2. The highest BCUT2D eigenvalue weighted by Crippen LogP contribution is 2.17. The first kappa shape index (κ1) is 12.7. The molecule has 20 heavy (non-hydrogen) atoms. The van der Waals surface area contributed by atoms with E-state index in [1.807, 2.05) is 48.5 Å². The minimum absolute atomic E-state index is 0.0848. The van der Waals surface area contributed by atoms with Crippen LogP contribution in [0.3, 0.4) is 0 Å². The summed E-state index contributed by atoms with van der Waals surface area (Å²) in [5.74, 6) is 0. The molecule has 2 aromatic carbocycles. The van der Waals surface area contributed by atoms with Crippen LogP contribution in [0, 0.1) is 0 Å². The van der Waals surface area contributed by atoms with E-state index in [0.29, 0.717) is 6.01 Å². The summed E-state index contributed by atoms with van der Waals surface area (Å²) < 4.78 is 5.59. The molecule has 4 nitrogen and oxygen atoms in total. The van der Waals surface area contributed by atoms with Gasteiger partial charge in [-0.15, -0.1) is 0 Å². The molecular formula is C16H16N2O2. The van der Waals surface area contributed by atoms with Crippen molar-refractivity contribution in [2.45, 2.75) is 13.0 Å². The Labute approximate surface area is 117 Å². The van der Waals surface area contributed by atoms with Crippen molar-refractivity contribution in [3.8, 4) is 0 Å². The fourth-order valence-corrected chi connectivity index (χ4v) is 2.07. The quantitative estimate of drug-likeness (QED) is 0.747. The number of fused-ring (bicyclic) bond motifs is 1. The van der Waals surface area contributed by atoms with Crippen molar-refractivity contribution in [1.82, 2.24) is 4.98 Å². The first-order valence-corrected chi connectivity index (χ1v) is 6.63. The maximum atomic E-state index is 8.99. The number of nitrogens with zero attached hydrogens (tertiary/aromatic N) is 1. The van der Waals surface area contributed by atoms with E-state index < -0.39 is 0 Å². The smallest absolute Gasteiger partial charge is 0.295 e. The molecule has 0 fully saturated rings. The van der Waals surface area contributed by atoms with Gasteiger partial charge in [0.2, 0.25) is 0 Å². The first-order valence-electron chi connectivity index (χ1n) is 6.63. The zero-order valence-electron chi connectivity index (χ0n) is 11.0. The predicted molar refractivity (Wildman–Crippen MR) is 78.6 cm³/mol. The summed E-state index contributed by atoms with van der Waals surface area (Å²) in [7, 11) is 0. The van der Waals surface area contributed by atoms with Gasteiger partial charge in [-0.25, -0.2) is 0 Å². The van der Waals surface area contributed by atoms with Crippen LogP contribution in [0.15, 0.2) is 52.9 Å². The average molecular weight is 268 g/mol. The molecular weight excluding hydrogens is 252 g/mol.